The quantitative estimate of drug-likeness (QED) is 0.613. The van der Waals surface area contributed by atoms with E-state index in [0.717, 1.165) is 49.4 Å². The van der Waals surface area contributed by atoms with Gasteiger partial charge in [0, 0.05) is 29.2 Å². The van der Waals surface area contributed by atoms with Gasteiger partial charge in [0.05, 0.1) is 0 Å². The van der Waals surface area contributed by atoms with Gasteiger partial charge in [0.2, 0.25) is 0 Å². The lowest BCUT2D eigenvalue weighted by atomic mass is 9.96. The van der Waals surface area contributed by atoms with Crippen molar-refractivity contribution >= 4 is 17.7 Å². The first-order valence-electron chi connectivity index (χ1n) is 11.2. The minimum Gasteiger partial charge on any atom is -0.448 e. The molecule has 2 aliphatic rings. The van der Waals surface area contributed by atoms with Gasteiger partial charge in [-0.3, -0.25) is 4.90 Å². The van der Waals surface area contributed by atoms with Crippen molar-refractivity contribution in [3.63, 3.8) is 0 Å². The van der Waals surface area contributed by atoms with E-state index in [4.69, 9.17) is 16.3 Å². The first-order valence-corrected chi connectivity index (χ1v) is 11.6. The lowest BCUT2D eigenvalue weighted by Gasteiger charge is -2.26. The van der Waals surface area contributed by atoms with Crippen LogP contribution in [0.15, 0.2) is 48.5 Å². The van der Waals surface area contributed by atoms with Crippen LogP contribution in [0.5, 0.6) is 0 Å². The summed E-state index contributed by atoms with van der Waals surface area (Å²) in [6.07, 6.45) is 7.76. The van der Waals surface area contributed by atoms with Crippen molar-refractivity contribution in [1.82, 2.24) is 10.2 Å². The number of hydrogen-bond acceptors (Lipinski definition) is 3. The molecule has 1 heterocycles. The highest BCUT2D eigenvalue weighted by Crippen LogP contribution is 2.32. The zero-order chi connectivity index (χ0) is 20.8. The van der Waals surface area contributed by atoms with Crippen molar-refractivity contribution < 1.29 is 9.53 Å². The normalized spacial score (nSPS) is 20.2. The summed E-state index contributed by atoms with van der Waals surface area (Å²) < 4.78 is 5.62. The Morgan fingerprint density at radius 3 is 2.50 bits per heavy atom. The van der Waals surface area contributed by atoms with Crippen molar-refractivity contribution in [2.24, 2.45) is 0 Å². The molecule has 0 radical (unpaired) electrons. The molecule has 5 heteroatoms. The molecule has 0 spiro atoms. The van der Waals surface area contributed by atoms with E-state index in [2.05, 4.69) is 40.5 Å². The van der Waals surface area contributed by atoms with E-state index in [9.17, 15) is 4.79 Å². The van der Waals surface area contributed by atoms with Gasteiger partial charge in [-0.2, -0.15) is 0 Å². The summed E-state index contributed by atoms with van der Waals surface area (Å²) in [5.74, 6) is 0. The number of ether oxygens (including phenoxy) is 1. The number of halogens is 1. The molecule has 2 aromatic rings. The number of likely N-dealkylation sites (tertiary alicyclic amines) is 1. The number of amides is 1. The maximum absolute atomic E-state index is 12.2. The number of carbonyl (C=O) groups is 1. The van der Waals surface area contributed by atoms with E-state index in [0.29, 0.717) is 6.61 Å². The molecule has 2 fully saturated rings. The molecule has 1 saturated heterocycles. The van der Waals surface area contributed by atoms with Gasteiger partial charge in [-0.05, 0) is 49.4 Å². The molecule has 1 N–H and O–H groups in total. The van der Waals surface area contributed by atoms with Gasteiger partial charge in [0.1, 0.15) is 6.61 Å². The van der Waals surface area contributed by atoms with Crippen LogP contribution in [0.2, 0.25) is 5.02 Å². The van der Waals surface area contributed by atoms with Gasteiger partial charge in [0.15, 0.2) is 0 Å². The molecule has 4 nitrogen and oxygen atoms in total. The molecular weight excluding hydrogens is 396 g/mol. The van der Waals surface area contributed by atoms with Crippen LogP contribution < -0.4 is 5.32 Å². The average Bonchev–Trinajstić information content (AvgIpc) is 3.21. The first-order chi connectivity index (χ1) is 14.7. The maximum Gasteiger partial charge on any atom is 0.407 e. The summed E-state index contributed by atoms with van der Waals surface area (Å²) in [7, 11) is 0. The molecule has 0 bridgehead atoms. The van der Waals surface area contributed by atoms with Crippen LogP contribution in [-0.2, 0) is 11.3 Å². The topological polar surface area (TPSA) is 41.6 Å². The maximum atomic E-state index is 12.2. The largest absolute Gasteiger partial charge is 0.448 e. The monoisotopic (exact) mass is 426 g/mol. The third-order valence-electron chi connectivity index (χ3n) is 6.39. The predicted octanol–water partition coefficient (Wildman–Crippen LogP) is 6.03. The molecule has 160 valence electrons. The highest BCUT2D eigenvalue weighted by atomic mass is 35.5. The van der Waals surface area contributed by atoms with E-state index in [-0.39, 0.29) is 18.2 Å². The number of nitrogens with one attached hydrogen (secondary N) is 1. The highest BCUT2D eigenvalue weighted by Gasteiger charge is 2.27. The van der Waals surface area contributed by atoms with E-state index < -0.39 is 0 Å². The minimum absolute atomic E-state index is 0.259. The van der Waals surface area contributed by atoms with Crippen molar-refractivity contribution in [2.75, 3.05) is 13.2 Å². The molecule has 1 unspecified atom stereocenters. The van der Waals surface area contributed by atoms with Crippen LogP contribution >= 0.6 is 11.6 Å². The van der Waals surface area contributed by atoms with E-state index in [1.807, 2.05) is 18.2 Å². The van der Waals surface area contributed by atoms with Crippen molar-refractivity contribution in [1.29, 1.82) is 0 Å². The van der Waals surface area contributed by atoms with Crippen LogP contribution in [0.1, 0.15) is 50.5 Å². The van der Waals surface area contributed by atoms with Crippen LogP contribution in [0, 0.1) is 0 Å². The van der Waals surface area contributed by atoms with Gasteiger partial charge in [-0.1, -0.05) is 73.3 Å². The van der Waals surface area contributed by atoms with Crippen LogP contribution in [0.25, 0.3) is 11.1 Å². The fourth-order valence-electron chi connectivity index (χ4n) is 4.74. The summed E-state index contributed by atoms with van der Waals surface area (Å²) in [4.78, 5) is 14.7. The summed E-state index contributed by atoms with van der Waals surface area (Å²) in [5, 5.41) is 3.82. The van der Waals surface area contributed by atoms with Crippen LogP contribution in [-0.4, -0.2) is 36.2 Å². The van der Waals surface area contributed by atoms with Crippen molar-refractivity contribution in [2.45, 2.75) is 63.6 Å². The number of nitrogens with zero attached hydrogens (tertiary/aromatic N) is 1. The Bertz CT molecular complexity index is 851. The Kier molecular flexibility index (Phi) is 7.29. The Labute approximate surface area is 184 Å². The number of alkyl carbamates (subject to hydrolysis) is 1. The van der Waals surface area contributed by atoms with Crippen LogP contribution in [0.4, 0.5) is 4.79 Å². The summed E-state index contributed by atoms with van der Waals surface area (Å²) in [6, 6.07) is 17.0. The molecule has 1 aliphatic carbocycles. The second-order valence-corrected chi connectivity index (χ2v) is 8.89. The lowest BCUT2D eigenvalue weighted by molar-refractivity contribution is 0.101. The minimum atomic E-state index is -0.259. The third-order valence-corrected chi connectivity index (χ3v) is 6.72. The number of benzene rings is 2. The fraction of sp³-hybridized carbons (Fsp3) is 0.480. The second-order valence-electron chi connectivity index (χ2n) is 8.48. The molecule has 1 aliphatic heterocycles. The average molecular weight is 427 g/mol. The third kappa shape index (κ3) is 5.35. The molecule has 4 rings (SSSR count). The van der Waals surface area contributed by atoms with Gasteiger partial charge in [0.25, 0.3) is 0 Å². The Morgan fingerprint density at radius 1 is 0.967 bits per heavy atom. The standard InChI is InChI=1S/C25H31ClN2O2/c26-24-15-7-6-14-23(24)22-13-5-4-9-19(22)17-28-16-8-12-21(28)18-30-25(29)27-20-10-2-1-3-11-20/h4-7,9,13-15,20-21H,1-3,8,10-12,16-18H2,(H,27,29). The lowest BCUT2D eigenvalue weighted by Crippen LogP contribution is -2.39. The van der Waals surface area contributed by atoms with Crippen molar-refractivity contribution in [3.8, 4) is 11.1 Å². The zero-order valence-corrected chi connectivity index (χ0v) is 18.2. The summed E-state index contributed by atoms with van der Waals surface area (Å²) in [5.41, 5.74) is 3.49. The number of carbonyl (C=O) groups excluding carboxylic acids is 1. The highest BCUT2D eigenvalue weighted by molar-refractivity contribution is 6.33. The Balaban J connectivity index is 1.37. The summed E-state index contributed by atoms with van der Waals surface area (Å²) in [6.45, 7) is 2.31. The first kappa shape index (κ1) is 21.2. The zero-order valence-electron chi connectivity index (χ0n) is 17.5. The Morgan fingerprint density at radius 2 is 1.70 bits per heavy atom. The second kappa shape index (κ2) is 10.3. The predicted molar refractivity (Wildman–Crippen MR) is 122 cm³/mol. The molecule has 1 atom stereocenters. The number of hydrogen-bond donors (Lipinski definition) is 1. The van der Waals surface area contributed by atoms with Gasteiger partial charge in [-0.15, -0.1) is 0 Å². The van der Waals surface area contributed by atoms with E-state index in [1.165, 1.54) is 30.4 Å². The van der Waals surface area contributed by atoms with Gasteiger partial charge >= 0.3 is 6.09 Å². The summed E-state index contributed by atoms with van der Waals surface area (Å²) >= 11 is 6.46. The van der Waals surface area contributed by atoms with Crippen LogP contribution in [0.3, 0.4) is 0 Å². The molecule has 2 aromatic carbocycles. The Hall–Kier alpha value is -2.04. The fourth-order valence-corrected chi connectivity index (χ4v) is 4.98. The van der Waals surface area contributed by atoms with Gasteiger partial charge < -0.3 is 10.1 Å². The SMILES string of the molecule is O=C(NC1CCCCC1)OCC1CCCN1Cc1ccccc1-c1ccccc1Cl. The van der Waals surface area contributed by atoms with E-state index in [1.54, 1.807) is 0 Å². The number of rotatable bonds is 6. The molecule has 30 heavy (non-hydrogen) atoms. The van der Waals surface area contributed by atoms with Crippen molar-refractivity contribution in [3.05, 3.63) is 59.1 Å². The molecule has 1 amide bonds. The van der Waals surface area contributed by atoms with E-state index >= 15 is 0 Å². The molecule has 0 aromatic heterocycles. The van der Waals surface area contributed by atoms with Gasteiger partial charge in [-0.25, -0.2) is 4.79 Å². The molecular formula is C25H31ClN2O2. The smallest absolute Gasteiger partial charge is 0.407 e. The molecule has 1 saturated carbocycles.